The number of para-hydroxylation sites is 1. The number of aliphatic imine (C=N–C) groups is 1. The van der Waals surface area contributed by atoms with Gasteiger partial charge in [0.1, 0.15) is 11.4 Å². The van der Waals surface area contributed by atoms with Crippen molar-refractivity contribution in [3.05, 3.63) is 59.9 Å². The fraction of sp³-hybridized carbons (Fsp3) is 0.517. The van der Waals surface area contributed by atoms with Gasteiger partial charge in [0, 0.05) is 30.3 Å². The van der Waals surface area contributed by atoms with Gasteiger partial charge in [-0.1, -0.05) is 38.1 Å². The first-order valence-electron chi connectivity index (χ1n) is 13.3. The number of hydrogen-bond donors (Lipinski definition) is 2. The van der Waals surface area contributed by atoms with Gasteiger partial charge in [0.2, 0.25) is 11.8 Å². The van der Waals surface area contributed by atoms with Gasteiger partial charge in [-0.05, 0) is 56.7 Å². The molecule has 4 atom stereocenters. The highest BCUT2D eigenvalue weighted by Gasteiger charge is 2.53. The number of amides is 2. The summed E-state index contributed by atoms with van der Waals surface area (Å²) in [5.41, 5.74) is 7.49. The normalized spacial score (nSPS) is 26.4. The van der Waals surface area contributed by atoms with Crippen LogP contribution in [0.4, 0.5) is 0 Å². The average Bonchev–Trinajstić information content (AvgIpc) is 3.66. The molecule has 0 radical (unpaired) electrons. The summed E-state index contributed by atoms with van der Waals surface area (Å²) in [6.45, 7) is 8.16. The van der Waals surface area contributed by atoms with Crippen molar-refractivity contribution in [1.29, 1.82) is 0 Å². The molecular formula is C29H37N5O3. The van der Waals surface area contributed by atoms with Crippen molar-refractivity contribution in [2.45, 2.75) is 83.0 Å². The Morgan fingerprint density at radius 2 is 1.97 bits per heavy atom. The molecule has 8 nitrogen and oxygen atoms in total. The zero-order chi connectivity index (χ0) is 26.4. The highest BCUT2D eigenvalue weighted by Crippen LogP contribution is 2.52. The molecule has 0 spiro atoms. The molecule has 0 saturated heterocycles. The first-order valence-corrected chi connectivity index (χ1v) is 13.3. The van der Waals surface area contributed by atoms with E-state index in [4.69, 9.17) is 15.5 Å². The Morgan fingerprint density at radius 1 is 1.22 bits per heavy atom. The number of nitrogens with two attached hydrogens (primary N) is 1. The number of nitrogens with one attached hydrogen (secondary N) is 1. The van der Waals surface area contributed by atoms with Crippen molar-refractivity contribution in [2.75, 3.05) is 0 Å². The van der Waals surface area contributed by atoms with Crippen LogP contribution >= 0.6 is 0 Å². The molecular weight excluding hydrogens is 466 g/mol. The number of nitrogens with zero attached hydrogens (tertiary/aromatic N) is 3. The van der Waals surface area contributed by atoms with Crippen LogP contribution in [0.5, 0.6) is 5.75 Å². The fourth-order valence-corrected chi connectivity index (χ4v) is 6.00. The SMILES string of the molecule is CCC1(CC)CC(=O)N([C@H](c2cccnc2)C2C[C@H]2C(=O)N[C@H]2CC(C)(C)Oc3ccccc32)C(N)=N1. The maximum Gasteiger partial charge on any atom is 0.232 e. The minimum Gasteiger partial charge on any atom is -0.487 e. The van der Waals surface area contributed by atoms with Crippen molar-refractivity contribution in [2.24, 2.45) is 22.6 Å². The van der Waals surface area contributed by atoms with Gasteiger partial charge in [0.25, 0.3) is 0 Å². The number of pyridine rings is 1. The molecule has 2 amide bonds. The van der Waals surface area contributed by atoms with E-state index in [0.717, 1.165) is 29.7 Å². The maximum atomic E-state index is 13.5. The van der Waals surface area contributed by atoms with Crippen LogP contribution in [-0.2, 0) is 9.59 Å². The number of guanidine groups is 1. The van der Waals surface area contributed by atoms with Gasteiger partial charge in [-0.15, -0.1) is 0 Å². The van der Waals surface area contributed by atoms with Gasteiger partial charge in [-0.2, -0.15) is 0 Å². The van der Waals surface area contributed by atoms with E-state index in [2.05, 4.69) is 10.3 Å². The second-order valence-corrected chi connectivity index (χ2v) is 11.2. The van der Waals surface area contributed by atoms with Crippen LogP contribution in [0.1, 0.15) is 83.0 Å². The number of benzene rings is 1. The summed E-state index contributed by atoms with van der Waals surface area (Å²) < 4.78 is 6.13. The average molecular weight is 504 g/mol. The fourth-order valence-electron chi connectivity index (χ4n) is 6.00. The highest BCUT2D eigenvalue weighted by atomic mass is 16.5. The van der Waals surface area contributed by atoms with Crippen molar-refractivity contribution >= 4 is 17.8 Å². The van der Waals surface area contributed by atoms with E-state index in [9.17, 15) is 9.59 Å². The first kappa shape index (κ1) is 25.2. The Bertz CT molecular complexity index is 1210. The lowest BCUT2D eigenvalue weighted by molar-refractivity contribution is -0.132. The minimum absolute atomic E-state index is 0.00664. The number of aromatic nitrogens is 1. The second-order valence-electron chi connectivity index (χ2n) is 11.2. The van der Waals surface area contributed by atoms with Crippen molar-refractivity contribution < 1.29 is 14.3 Å². The topological polar surface area (TPSA) is 110 Å². The van der Waals surface area contributed by atoms with Crippen molar-refractivity contribution in [3.8, 4) is 5.75 Å². The van der Waals surface area contributed by atoms with Gasteiger partial charge in [-0.25, -0.2) is 4.99 Å². The minimum atomic E-state index is -0.458. The molecule has 2 aromatic rings. The number of ether oxygens (including phenoxy) is 1. The standard InChI is InChI=1S/C29H37N5O3/c1-5-29(6-2)16-24(35)34(27(30)33-29)25(18-10-9-13-31-17-18)20-14-21(20)26(36)32-22-15-28(3,4)37-23-12-8-7-11-19(22)23/h7-13,17,20-22,25H,5-6,14-16H2,1-4H3,(H2,30,33)(H,32,36)/t20?,21-,22+,25-/m1/s1. The summed E-state index contributed by atoms with van der Waals surface area (Å²) in [4.78, 5) is 37.8. The van der Waals surface area contributed by atoms with E-state index in [1.54, 1.807) is 17.3 Å². The predicted molar refractivity (Wildman–Crippen MR) is 142 cm³/mol. The summed E-state index contributed by atoms with van der Waals surface area (Å²) >= 11 is 0. The zero-order valence-electron chi connectivity index (χ0n) is 22.1. The van der Waals surface area contributed by atoms with E-state index in [1.165, 1.54) is 0 Å². The van der Waals surface area contributed by atoms with Gasteiger partial charge in [-0.3, -0.25) is 19.5 Å². The van der Waals surface area contributed by atoms with Crippen LogP contribution in [-0.4, -0.2) is 38.8 Å². The molecule has 1 aromatic carbocycles. The molecule has 1 aliphatic carbocycles. The molecule has 0 bridgehead atoms. The second kappa shape index (κ2) is 9.47. The molecule has 1 fully saturated rings. The number of fused-ring (bicyclic) bond motifs is 1. The lowest BCUT2D eigenvalue weighted by atomic mass is 9.87. The molecule has 1 saturated carbocycles. The molecule has 196 valence electrons. The zero-order valence-corrected chi connectivity index (χ0v) is 22.1. The highest BCUT2D eigenvalue weighted by molar-refractivity contribution is 5.99. The van der Waals surface area contributed by atoms with Crippen LogP contribution in [0.25, 0.3) is 0 Å². The number of hydrogen-bond acceptors (Lipinski definition) is 6. The molecule has 1 aromatic heterocycles. The van der Waals surface area contributed by atoms with Gasteiger partial charge < -0.3 is 15.8 Å². The Kier molecular flexibility index (Phi) is 6.46. The van der Waals surface area contributed by atoms with Gasteiger partial charge in [0.05, 0.1) is 24.0 Å². The van der Waals surface area contributed by atoms with Crippen LogP contribution in [0, 0.1) is 11.8 Å². The third-order valence-corrected chi connectivity index (χ3v) is 8.24. The Hall–Kier alpha value is -3.42. The summed E-state index contributed by atoms with van der Waals surface area (Å²) in [6, 6.07) is 11.2. The number of rotatable bonds is 7. The van der Waals surface area contributed by atoms with E-state index in [0.29, 0.717) is 19.3 Å². The van der Waals surface area contributed by atoms with Crippen LogP contribution < -0.4 is 15.8 Å². The monoisotopic (exact) mass is 503 g/mol. The van der Waals surface area contributed by atoms with Crippen LogP contribution in [0.15, 0.2) is 53.8 Å². The van der Waals surface area contributed by atoms with Crippen LogP contribution in [0.3, 0.4) is 0 Å². The Balaban J connectivity index is 1.40. The lowest BCUT2D eigenvalue weighted by Crippen LogP contribution is -2.53. The molecule has 2 aliphatic heterocycles. The Labute approximate surface area is 218 Å². The quantitative estimate of drug-likeness (QED) is 0.586. The summed E-state index contributed by atoms with van der Waals surface area (Å²) in [7, 11) is 0. The first-order chi connectivity index (χ1) is 17.7. The predicted octanol–water partition coefficient (Wildman–Crippen LogP) is 4.28. The van der Waals surface area contributed by atoms with E-state index in [-0.39, 0.29) is 47.3 Å². The smallest absolute Gasteiger partial charge is 0.232 e. The summed E-state index contributed by atoms with van der Waals surface area (Å²) in [6.07, 6.45) is 6.63. The largest absolute Gasteiger partial charge is 0.487 e. The number of carbonyl (C=O) groups excluding carboxylic acids is 2. The van der Waals surface area contributed by atoms with Gasteiger partial charge in [0.15, 0.2) is 5.96 Å². The molecule has 37 heavy (non-hydrogen) atoms. The van der Waals surface area contributed by atoms with E-state index >= 15 is 0 Å². The third kappa shape index (κ3) is 4.81. The van der Waals surface area contributed by atoms with Crippen molar-refractivity contribution in [3.63, 3.8) is 0 Å². The molecule has 5 rings (SSSR count). The van der Waals surface area contributed by atoms with E-state index in [1.807, 2.05) is 64.1 Å². The lowest BCUT2D eigenvalue weighted by Gasteiger charge is -2.40. The molecule has 8 heteroatoms. The molecule has 1 unspecified atom stereocenters. The van der Waals surface area contributed by atoms with Gasteiger partial charge >= 0.3 is 0 Å². The summed E-state index contributed by atoms with van der Waals surface area (Å²) in [5, 5.41) is 3.29. The Morgan fingerprint density at radius 3 is 2.65 bits per heavy atom. The summed E-state index contributed by atoms with van der Waals surface area (Å²) in [5.74, 6) is 0.695. The van der Waals surface area contributed by atoms with Crippen LogP contribution in [0.2, 0.25) is 0 Å². The third-order valence-electron chi connectivity index (χ3n) is 8.24. The maximum absolute atomic E-state index is 13.5. The van der Waals surface area contributed by atoms with Crippen molar-refractivity contribution in [1.82, 2.24) is 15.2 Å². The molecule has 3 heterocycles. The van der Waals surface area contributed by atoms with E-state index < -0.39 is 5.54 Å². The molecule has 3 N–H and O–H groups in total. The number of carbonyl (C=O) groups is 2. The molecule has 3 aliphatic rings.